The number of ether oxygens (including phenoxy) is 2. The lowest BCUT2D eigenvalue weighted by Crippen LogP contribution is -2.31. The molecule has 118 valence electrons. The summed E-state index contributed by atoms with van der Waals surface area (Å²) in [5.41, 5.74) is 0.799. The molecule has 0 aromatic heterocycles. The van der Waals surface area contributed by atoms with Crippen LogP contribution < -0.4 is 9.47 Å². The van der Waals surface area contributed by atoms with Crippen LogP contribution >= 0.6 is 31.9 Å². The van der Waals surface area contributed by atoms with E-state index in [0.717, 1.165) is 22.9 Å². The van der Waals surface area contributed by atoms with Crippen molar-refractivity contribution < 1.29 is 17.9 Å². The molecule has 2 atom stereocenters. The Morgan fingerprint density at radius 1 is 1.19 bits per heavy atom. The standard InChI is InChI=1S/C14H18Br2O4S/c1-19-11-8-10(15)12(20-2)7-9(11)14(16)13-5-3-4-6-21(13,17)18/h7-8,13-14H,3-6H2,1-2H3. The minimum absolute atomic E-state index is 0.260. The summed E-state index contributed by atoms with van der Waals surface area (Å²) < 4.78 is 36.1. The number of benzene rings is 1. The highest BCUT2D eigenvalue weighted by molar-refractivity contribution is 9.10. The van der Waals surface area contributed by atoms with E-state index < -0.39 is 15.1 Å². The van der Waals surface area contributed by atoms with Crippen molar-refractivity contribution in [3.63, 3.8) is 0 Å². The Labute approximate surface area is 142 Å². The smallest absolute Gasteiger partial charge is 0.154 e. The van der Waals surface area contributed by atoms with Gasteiger partial charge in [-0.3, -0.25) is 0 Å². The fraction of sp³-hybridized carbons (Fsp3) is 0.571. The van der Waals surface area contributed by atoms with E-state index in [-0.39, 0.29) is 10.6 Å². The Kier molecular flexibility index (Phi) is 5.59. The Morgan fingerprint density at radius 2 is 1.86 bits per heavy atom. The van der Waals surface area contributed by atoms with Crippen LogP contribution in [0.5, 0.6) is 11.5 Å². The number of alkyl halides is 1. The molecule has 0 saturated carbocycles. The maximum atomic E-state index is 12.3. The molecule has 0 radical (unpaired) electrons. The van der Waals surface area contributed by atoms with Gasteiger partial charge in [-0.2, -0.15) is 0 Å². The third-order valence-electron chi connectivity index (χ3n) is 3.76. The van der Waals surface area contributed by atoms with Crippen LogP contribution in [0, 0.1) is 0 Å². The largest absolute Gasteiger partial charge is 0.496 e. The van der Waals surface area contributed by atoms with Gasteiger partial charge in [-0.05, 0) is 40.9 Å². The third-order valence-corrected chi connectivity index (χ3v) is 8.15. The van der Waals surface area contributed by atoms with E-state index in [0.29, 0.717) is 17.9 Å². The molecule has 0 amide bonds. The van der Waals surface area contributed by atoms with Gasteiger partial charge >= 0.3 is 0 Å². The van der Waals surface area contributed by atoms with Gasteiger partial charge in [0, 0.05) is 5.56 Å². The third kappa shape index (κ3) is 3.56. The molecule has 1 fully saturated rings. The zero-order valence-electron chi connectivity index (χ0n) is 11.9. The van der Waals surface area contributed by atoms with Crippen molar-refractivity contribution in [2.75, 3.05) is 20.0 Å². The van der Waals surface area contributed by atoms with Crippen molar-refractivity contribution in [1.82, 2.24) is 0 Å². The normalized spacial score (nSPS) is 22.6. The van der Waals surface area contributed by atoms with Gasteiger partial charge in [-0.15, -0.1) is 0 Å². The van der Waals surface area contributed by atoms with E-state index in [4.69, 9.17) is 9.47 Å². The summed E-state index contributed by atoms with van der Waals surface area (Å²) in [5, 5.41) is -0.425. The Morgan fingerprint density at radius 3 is 2.43 bits per heavy atom. The lowest BCUT2D eigenvalue weighted by atomic mass is 10.0. The molecule has 0 bridgehead atoms. The molecule has 2 rings (SSSR count). The van der Waals surface area contributed by atoms with Crippen LogP contribution in [0.15, 0.2) is 16.6 Å². The highest BCUT2D eigenvalue weighted by Crippen LogP contribution is 2.44. The fourth-order valence-electron chi connectivity index (χ4n) is 2.61. The summed E-state index contributed by atoms with van der Waals surface area (Å²) in [4.78, 5) is -0.306. The summed E-state index contributed by atoms with van der Waals surface area (Å²) >= 11 is 6.98. The zero-order valence-corrected chi connectivity index (χ0v) is 15.9. The van der Waals surface area contributed by atoms with Crippen molar-refractivity contribution in [1.29, 1.82) is 0 Å². The highest BCUT2D eigenvalue weighted by atomic mass is 79.9. The maximum Gasteiger partial charge on any atom is 0.154 e. The molecular formula is C14H18Br2O4S. The van der Waals surface area contributed by atoms with E-state index in [1.165, 1.54) is 0 Å². The van der Waals surface area contributed by atoms with E-state index >= 15 is 0 Å². The van der Waals surface area contributed by atoms with E-state index in [2.05, 4.69) is 31.9 Å². The first-order valence-electron chi connectivity index (χ1n) is 6.67. The van der Waals surface area contributed by atoms with Gasteiger partial charge in [-0.1, -0.05) is 22.4 Å². The molecule has 2 unspecified atom stereocenters. The second-order valence-electron chi connectivity index (χ2n) is 5.03. The maximum absolute atomic E-state index is 12.3. The van der Waals surface area contributed by atoms with Crippen LogP contribution in [-0.2, 0) is 9.84 Å². The number of hydrogen-bond acceptors (Lipinski definition) is 4. The summed E-state index contributed by atoms with van der Waals surface area (Å²) in [5.74, 6) is 1.56. The predicted molar refractivity (Wildman–Crippen MR) is 90.3 cm³/mol. The van der Waals surface area contributed by atoms with Crippen LogP contribution in [0.3, 0.4) is 0 Å². The highest BCUT2D eigenvalue weighted by Gasteiger charge is 2.36. The topological polar surface area (TPSA) is 52.6 Å². The minimum atomic E-state index is -3.08. The molecular weight excluding hydrogens is 424 g/mol. The first-order valence-corrected chi connectivity index (χ1v) is 10.1. The van der Waals surface area contributed by atoms with Gasteiger partial charge in [0.15, 0.2) is 9.84 Å². The van der Waals surface area contributed by atoms with E-state index in [1.807, 2.05) is 6.07 Å². The van der Waals surface area contributed by atoms with Gasteiger partial charge in [0.2, 0.25) is 0 Å². The van der Waals surface area contributed by atoms with Crippen molar-refractivity contribution in [2.45, 2.75) is 29.3 Å². The van der Waals surface area contributed by atoms with E-state index in [1.54, 1.807) is 20.3 Å². The van der Waals surface area contributed by atoms with Gasteiger partial charge < -0.3 is 9.47 Å². The van der Waals surface area contributed by atoms with Crippen molar-refractivity contribution in [3.05, 3.63) is 22.2 Å². The predicted octanol–water partition coefficient (Wildman–Crippen LogP) is 3.87. The Hall–Kier alpha value is -0.270. The lowest BCUT2D eigenvalue weighted by molar-refractivity contribution is 0.395. The quantitative estimate of drug-likeness (QED) is 0.665. The number of methoxy groups -OCH3 is 2. The van der Waals surface area contributed by atoms with E-state index in [9.17, 15) is 8.42 Å². The van der Waals surface area contributed by atoms with Crippen LogP contribution in [0.4, 0.5) is 0 Å². The van der Waals surface area contributed by atoms with Gasteiger partial charge in [0.25, 0.3) is 0 Å². The molecule has 1 aromatic carbocycles. The Bertz CT molecular complexity index is 616. The molecule has 21 heavy (non-hydrogen) atoms. The van der Waals surface area contributed by atoms with Crippen LogP contribution in [-0.4, -0.2) is 33.6 Å². The van der Waals surface area contributed by atoms with Crippen LogP contribution in [0.2, 0.25) is 0 Å². The molecule has 7 heteroatoms. The second-order valence-corrected chi connectivity index (χ2v) is 9.21. The number of rotatable bonds is 4. The molecule has 1 aromatic rings. The fourth-order valence-corrected chi connectivity index (χ4v) is 6.65. The second kappa shape index (κ2) is 6.87. The minimum Gasteiger partial charge on any atom is -0.496 e. The first-order chi connectivity index (χ1) is 9.90. The molecule has 4 nitrogen and oxygen atoms in total. The summed E-state index contributed by atoms with van der Waals surface area (Å²) in [7, 11) is 0.0760. The molecule has 1 saturated heterocycles. The number of hydrogen-bond donors (Lipinski definition) is 0. The number of halogens is 2. The molecule has 1 heterocycles. The van der Waals surface area contributed by atoms with Gasteiger partial charge in [0.05, 0.1) is 34.5 Å². The lowest BCUT2D eigenvalue weighted by Gasteiger charge is -2.28. The summed E-state index contributed by atoms with van der Waals surface area (Å²) in [6, 6.07) is 3.63. The Balaban J connectivity index is 2.44. The van der Waals surface area contributed by atoms with Crippen LogP contribution in [0.25, 0.3) is 0 Å². The zero-order chi connectivity index (χ0) is 15.6. The monoisotopic (exact) mass is 440 g/mol. The SMILES string of the molecule is COc1cc(C(Br)C2CCCCS2(=O)=O)c(OC)cc1Br. The van der Waals surface area contributed by atoms with Gasteiger partial charge in [0.1, 0.15) is 11.5 Å². The summed E-state index contributed by atoms with van der Waals surface area (Å²) in [6.07, 6.45) is 2.35. The average molecular weight is 442 g/mol. The van der Waals surface area contributed by atoms with Crippen molar-refractivity contribution in [3.8, 4) is 11.5 Å². The van der Waals surface area contributed by atoms with Crippen molar-refractivity contribution >= 4 is 41.7 Å². The molecule has 0 aliphatic carbocycles. The molecule has 0 N–H and O–H groups in total. The average Bonchev–Trinajstić information content (AvgIpc) is 2.45. The van der Waals surface area contributed by atoms with Gasteiger partial charge in [-0.25, -0.2) is 8.42 Å². The van der Waals surface area contributed by atoms with Crippen molar-refractivity contribution in [2.24, 2.45) is 0 Å². The first kappa shape index (κ1) is 17.1. The van der Waals surface area contributed by atoms with Crippen LogP contribution in [0.1, 0.15) is 29.7 Å². The molecule has 0 spiro atoms. The summed E-state index contributed by atoms with van der Waals surface area (Å²) in [6.45, 7) is 0. The number of sulfone groups is 1. The molecule has 1 aliphatic heterocycles. The molecule has 1 aliphatic rings.